The zero-order valence-corrected chi connectivity index (χ0v) is 16.6. The Balaban J connectivity index is 1.31. The van der Waals surface area contributed by atoms with Crippen LogP contribution < -0.4 is 5.32 Å². The first-order valence-electron chi connectivity index (χ1n) is 10.5. The first-order valence-corrected chi connectivity index (χ1v) is 10.5. The second-order valence-electron chi connectivity index (χ2n) is 9.95. The molecule has 0 aliphatic heterocycles. The number of H-pyrrole nitrogens is 1. The van der Waals surface area contributed by atoms with E-state index in [4.69, 9.17) is 0 Å². The normalized spacial score (nSPS) is 31.7. The number of benzene rings is 1. The summed E-state index contributed by atoms with van der Waals surface area (Å²) in [6.45, 7) is 0.894. The van der Waals surface area contributed by atoms with Gasteiger partial charge in [-0.2, -0.15) is 0 Å². The van der Waals surface area contributed by atoms with Gasteiger partial charge in [0.15, 0.2) is 0 Å². The molecule has 0 atom stereocenters. The molecule has 0 saturated heterocycles. The number of nitrogens with one attached hydrogen (secondary N) is 2. The number of hydrogen-bond donors (Lipinski definition) is 2. The van der Waals surface area contributed by atoms with E-state index in [1.165, 1.54) is 49.5 Å². The van der Waals surface area contributed by atoms with E-state index in [2.05, 4.69) is 47.6 Å². The standard InChI is InChI=1S/C23H31N3O/c1-26(2)14-18-13-24-21-4-3-19(8-20(18)21)25-22(27)12-23-9-15-5-16(10-23)7-17(6-15)11-23/h3-4,8,13,15-17,24H,5-7,9-12,14H2,1-2H3,(H,25,27). The lowest BCUT2D eigenvalue weighted by Crippen LogP contribution is -2.47. The average molecular weight is 366 g/mol. The van der Waals surface area contributed by atoms with Crippen LogP contribution in [0.1, 0.15) is 50.5 Å². The molecule has 1 amide bonds. The quantitative estimate of drug-likeness (QED) is 0.801. The Morgan fingerprint density at radius 2 is 1.81 bits per heavy atom. The van der Waals surface area contributed by atoms with Crippen LogP contribution in [0, 0.1) is 23.2 Å². The summed E-state index contributed by atoms with van der Waals surface area (Å²) in [6, 6.07) is 6.23. The number of aromatic nitrogens is 1. The summed E-state index contributed by atoms with van der Waals surface area (Å²) in [7, 11) is 4.16. The van der Waals surface area contributed by atoms with Gasteiger partial charge in [-0.25, -0.2) is 0 Å². The maximum atomic E-state index is 12.9. The predicted molar refractivity (Wildman–Crippen MR) is 110 cm³/mol. The van der Waals surface area contributed by atoms with Gasteiger partial charge in [-0.3, -0.25) is 4.79 Å². The minimum atomic E-state index is 0.209. The number of amides is 1. The van der Waals surface area contributed by atoms with E-state index in [0.29, 0.717) is 11.8 Å². The molecule has 4 aliphatic carbocycles. The van der Waals surface area contributed by atoms with Crippen molar-refractivity contribution >= 4 is 22.5 Å². The Kier molecular flexibility index (Phi) is 4.08. The Morgan fingerprint density at radius 1 is 1.15 bits per heavy atom. The number of rotatable bonds is 5. The molecule has 4 bridgehead atoms. The Morgan fingerprint density at radius 3 is 2.44 bits per heavy atom. The molecule has 1 aromatic carbocycles. The highest BCUT2D eigenvalue weighted by Crippen LogP contribution is 2.61. The molecule has 2 aromatic rings. The van der Waals surface area contributed by atoms with E-state index in [1.54, 1.807) is 0 Å². The van der Waals surface area contributed by atoms with Crippen molar-refractivity contribution in [3.05, 3.63) is 30.0 Å². The van der Waals surface area contributed by atoms with Gasteiger partial charge in [0.05, 0.1) is 0 Å². The highest BCUT2D eigenvalue weighted by atomic mass is 16.1. The fraction of sp³-hybridized carbons (Fsp3) is 0.609. The summed E-state index contributed by atoms with van der Waals surface area (Å²) < 4.78 is 0. The van der Waals surface area contributed by atoms with Crippen molar-refractivity contribution in [2.75, 3.05) is 19.4 Å². The maximum absolute atomic E-state index is 12.9. The largest absolute Gasteiger partial charge is 0.361 e. The molecule has 144 valence electrons. The Hall–Kier alpha value is -1.81. The van der Waals surface area contributed by atoms with Gasteiger partial charge < -0.3 is 15.2 Å². The molecule has 1 heterocycles. The van der Waals surface area contributed by atoms with E-state index < -0.39 is 0 Å². The van der Waals surface area contributed by atoms with Gasteiger partial charge in [0.2, 0.25) is 5.91 Å². The van der Waals surface area contributed by atoms with Crippen LogP contribution >= 0.6 is 0 Å². The van der Waals surface area contributed by atoms with Gasteiger partial charge in [0, 0.05) is 35.8 Å². The van der Waals surface area contributed by atoms with E-state index in [0.717, 1.165) is 35.5 Å². The summed E-state index contributed by atoms with van der Waals surface area (Å²) in [5.41, 5.74) is 3.63. The number of nitrogens with zero attached hydrogens (tertiary/aromatic N) is 1. The molecule has 4 saturated carbocycles. The monoisotopic (exact) mass is 365 g/mol. The summed E-state index contributed by atoms with van der Waals surface area (Å²) >= 11 is 0. The lowest BCUT2D eigenvalue weighted by atomic mass is 9.49. The summed E-state index contributed by atoms with van der Waals surface area (Å²) in [5.74, 6) is 2.90. The molecule has 1 aromatic heterocycles. The molecular formula is C23H31N3O. The molecular weight excluding hydrogens is 334 g/mol. The predicted octanol–water partition coefficient (Wildman–Crippen LogP) is 4.77. The maximum Gasteiger partial charge on any atom is 0.224 e. The van der Waals surface area contributed by atoms with Crippen LogP contribution in [0.5, 0.6) is 0 Å². The van der Waals surface area contributed by atoms with Gasteiger partial charge in [-0.05, 0) is 99.6 Å². The molecule has 27 heavy (non-hydrogen) atoms. The molecule has 0 radical (unpaired) electrons. The number of anilines is 1. The van der Waals surface area contributed by atoms with E-state index in [1.807, 2.05) is 6.07 Å². The van der Waals surface area contributed by atoms with Crippen LogP contribution in [-0.2, 0) is 11.3 Å². The summed E-state index contributed by atoms with van der Waals surface area (Å²) in [5, 5.41) is 4.42. The molecule has 0 spiro atoms. The number of carbonyl (C=O) groups excluding carboxylic acids is 1. The van der Waals surface area contributed by atoms with Crippen molar-refractivity contribution in [3.63, 3.8) is 0 Å². The third kappa shape index (κ3) is 3.29. The molecule has 2 N–H and O–H groups in total. The molecule has 4 fully saturated rings. The molecule has 4 aliphatic rings. The third-order valence-corrected chi connectivity index (χ3v) is 7.24. The lowest BCUT2D eigenvalue weighted by Gasteiger charge is -2.56. The van der Waals surface area contributed by atoms with Gasteiger partial charge in [0.1, 0.15) is 0 Å². The fourth-order valence-electron chi connectivity index (χ4n) is 6.78. The minimum absolute atomic E-state index is 0.209. The van der Waals surface area contributed by atoms with Gasteiger partial charge in [0.25, 0.3) is 0 Å². The van der Waals surface area contributed by atoms with E-state index in [-0.39, 0.29) is 5.91 Å². The third-order valence-electron chi connectivity index (χ3n) is 7.24. The lowest BCUT2D eigenvalue weighted by molar-refractivity contribution is -0.124. The van der Waals surface area contributed by atoms with Crippen LogP contribution in [0.3, 0.4) is 0 Å². The van der Waals surface area contributed by atoms with Crippen LogP contribution in [-0.4, -0.2) is 29.9 Å². The zero-order valence-electron chi connectivity index (χ0n) is 16.6. The molecule has 6 rings (SSSR count). The fourth-order valence-corrected chi connectivity index (χ4v) is 6.78. The van der Waals surface area contributed by atoms with Gasteiger partial charge >= 0.3 is 0 Å². The SMILES string of the molecule is CN(C)Cc1c[nH]c2ccc(NC(=O)CC34CC5CC(CC(C5)C3)C4)cc12. The van der Waals surface area contributed by atoms with E-state index >= 15 is 0 Å². The average Bonchev–Trinajstić information content (AvgIpc) is 2.94. The van der Waals surface area contributed by atoms with Crippen molar-refractivity contribution in [1.82, 2.24) is 9.88 Å². The summed E-state index contributed by atoms with van der Waals surface area (Å²) in [4.78, 5) is 18.4. The van der Waals surface area contributed by atoms with Crippen LogP contribution in [0.15, 0.2) is 24.4 Å². The van der Waals surface area contributed by atoms with E-state index in [9.17, 15) is 4.79 Å². The van der Waals surface area contributed by atoms with Crippen molar-refractivity contribution < 1.29 is 4.79 Å². The van der Waals surface area contributed by atoms with Crippen LogP contribution in [0.4, 0.5) is 5.69 Å². The highest BCUT2D eigenvalue weighted by molar-refractivity contribution is 5.95. The van der Waals surface area contributed by atoms with Crippen molar-refractivity contribution in [3.8, 4) is 0 Å². The minimum Gasteiger partial charge on any atom is -0.361 e. The number of fused-ring (bicyclic) bond motifs is 1. The number of aromatic amines is 1. The number of hydrogen-bond acceptors (Lipinski definition) is 2. The Bertz CT molecular complexity index is 830. The molecule has 0 unspecified atom stereocenters. The van der Waals surface area contributed by atoms with Gasteiger partial charge in [-0.15, -0.1) is 0 Å². The highest BCUT2D eigenvalue weighted by Gasteiger charge is 2.51. The first kappa shape index (κ1) is 17.3. The van der Waals surface area contributed by atoms with Crippen LogP contribution in [0.25, 0.3) is 10.9 Å². The second-order valence-corrected chi connectivity index (χ2v) is 9.95. The summed E-state index contributed by atoms with van der Waals surface area (Å²) in [6.07, 6.45) is 10.9. The second kappa shape index (κ2) is 6.37. The zero-order chi connectivity index (χ0) is 18.6. The smallest absolute Gasteiger partial charge is 0.224 e. The molecule has 4 heteroatoms. The van der Waals surface area contributed by atoms with Crippen molar-refractivity contribution in [1.29, 1.82) is 0 Å². The first-order chi connectivity index (χ1) is 13.0. The number of carbonyl (C=O) groups is 1. The van der Waals surface area contributed by atoms with Crippen LogP contribution in [0.2, 0.25) is 0 Å². The van der Waals surface area contributed by atoms with Crippen molar-refractivity contribution in [2.24, 2.45) is 23.2 Å². The van der Waals surface area contributed by atoms with Crippen molar-refractivity contribution in [2.45, 2.75) is 51.5 Å². The molecule has 4 nitrogen and oxygen atoms in total. The Labute approximate surface area is 161 Å². The topological polar surface area (TPSA) is 48.1 Å². The van der Waals surface area contributed by atoms with Gasteiger partial charge in [-0.1, -0.05) is 0 Å².